The molecule has 0 unspecified atom stereocenters. The molecule has 6 nitrogen and oxygen atoms in total. The van der Waals surface area contributed by atoms with Crippen LogP contribution in [0.25, 0.3) is 10.9 Å². The zero-order chi connectivity index (χ0) is 22.1. The summed E-state index contributed by atoms with van der Waals surface area (Å²) in [5, 5.41) is 15.6. The van der Waals surface area contributed by atoms with Crippen LogP contribution in [-0.4, -0.2) is 44.1 Å². The van der Waals surface area contributed by atoms with E-state index in [9.17, 15) is 18.8 Å². The molecule has 0 aliphatic carbocycles. The fourth-order valence-corrected chi connectivity index (χ4v) is 3.65. The van der Waals surface area contributed by atoms with Gasteiger partial charge in [0.05, 0.1) is 40.5 Å². The summed E-state index contributed by atoms with van der Waals surface area (Å²) in [4.78, 5) is 12.0. The van der Waals surface area contributed by atoms with Crippen molar-refractivity contribution in [2.75, 3.05) is 7.11 Å². The molecule has 153 valence electrons. The number of halogens is 2. The van der Waals surface area contributed by atoms with Crippen LogP contribution in [-0.2, 0) is 4.79 Å². The Kier molecular flexibility index (Phi) is 5.63. The molecule has 1 aromatic heterocycles. The molecule has 0 saturated carbocycles. The van der Waals surface area contributed by atoms with Crippen molar-refractivity contribution in [3.05, 3.63) is 59.8 Å². The molecule has 0 fully saturated rings. The summed E-state index contributed by atoms with van der Waals surface area (Å²) < 4.78 is 33.9. The zero-order valence-corrected chi connectivity index (χ0v) is 17.6. The van der Waals surface area contributed by atoms with Crippen molar-refractivity contribution in [2.45, 2.75) is 31.0 Å². The molecule has 0 spiro atoms. The summed E-state index contributed by atoms with van der Waals surface area (Å²) in [5.41, 5.74) is 1.69. The fourth-order valence-electron chi connectivity index (χ4n) is 3.24. The molecule has 0 aliphatic rings. The third kappa shape index (κ3) is 4.18. The average Bonchev–Trinajstić information content (AvgIpc) is 3.10. The number of fused-ring (bicyclic) bond motifs is 1. The monoisotopic (exact) mass is 425 g/mol. The van der Waals surface area contributed by atoms with Gasteiger partial charge in [0.2, 0.25) is 0 Å². The summed E-state index contributed by atoms with van der Waals surface area (Å²) in [6, 6.07) is 13.5. The second kappa shape index (κ2) is 7.87. The summed E-state index contributed by atoms with van der Waals surface area (Å²) >= 11 is 0. The van der Waals surface area contributed by atoms with Crippen molar-refractivity contribution in [1.82, 2.24) is 15.1 Å². The van der Waals surface area contributed by atoms with E-state index >= 15 is 0 Å². The Morgan fingerprint density at radius 3 is 2.50 bits per heavy atom. The number of hydrogen-bond acceptors (Lipinski definition) is 4. The SMILES string of the molecule is COc1ccc([C@@H](n2cc3c(C#N)cccc3n2)[C@](C)([Si])NC(=O)C(C)(F)F)cc1. The highest BCUT2D eigenvalue weighted by atomic mass is 28.1. The van der Waals surface area contributed by atoms with Crippen LogP contribution in [0.4, 0.5) is 8.78 Å². The van der Waals surface area contributed by atoms with E-state index in [0.717, 1.165) is 0 Å². The predicted octanol–water partition coefficient (Wildman–Crippen LogP) is 3.16. The average molecular weight is 425 g/mol. The Balaban J connectivity index is 2.14. The minimum atomic E-state index is -3.55. The molecule has 0 bridgehead atoms. The molecule has 1 amide bonds. The highest BCUT2D eigenvalue weighted by Crippen LogP contribution is 2.32. The molecular weight excluding hydrogens is 406 g/mol. The van der Waals surface area contributed by atoms with Crippen molar-refractivity contribution in [2.24, 2.45) is 0 Å². The number of carbonyl (C=O) groups excluding carboxylic acids is 1. The van der Waals surface area contributed by atoms with E-state index in [0.29, 0.717) is 34.7 Å². The summed E-state index contributed by atoms with van der Waals surface area (Å²) in [5.74, 6) is -4.36. The van der Waals surface area contributed by atoms with Gasteiger partial charge < -0.3 is 10.1 Å². The Morgan fingerprint density at radius 1 is 1.27 bits per heavy atom. The summed E-state index contributed by atoms with van der Waals surface area (Å²) in [7, 11) is 5.02. The van der Waals surface area contributed by atoms with E-state index in [4.69, 9.17) is 4.74 Å². The van der Waals surface area contributed by atoms with Gasteiger partial charge in [0.25, 0.3) is 5.91 Å². The highest BCUT2D eigenvalue weighted by molar-refractivity contribution is 6.17. The number of nitrogens with one attached hydrogen (secondary N) is 1. The number of benzene rings is 2. The number of methoxy groups -OCH3 is 1. The number of nitrogens with zero attached hydrogens (tertiary/aromatic N) is 3. The third-order valence-electron chi connectivity index (χ3n) is 4.70. The van der Waals surface area contributed by atoms with Gasteiger partial charge in [-0.05, 0) is 36.8 Å². The lowest BCUT2D eigenvalue weighted by Crippen LogP contribution is -2.56. The molecule has 1 N–H and O–H groups in total. The molecule has 3 rings (SSSR count). The molecule has 30 heavy (non-hydrogen) atoms. The Hall–Kier alpha value is -3.25. The van der Waals surface area contributed by atoms with Crippen LogP contribution in [0.2, 0.25) is 0 Å². The first kappa shape index (κ1) is 21.5. The van der Waals surface area contributed by atoms with Crippen LogP contribution in [0.5, 0.6) is 5.75 Å². The number of alkyl halides is 2. The summed E-state index contributed by atoms with van der Waals surface area (Å²) in [6.45, 7) is 2.11. The van der Waals surface area contributed by atoms with Gasteiger partial charge >= 0.3 is 5.92 Å². The van der Waals surface area contributed by atoms with Crippen molar-refractivity contribution in [3.8, 4) is 11.8 Å². The third-order valence-corrected chi connectivity index (χ3v) is 5.10. The number of rotatable bonds is 6. The molecular formula is C21H19F2N4O2Si. The van der Waals surface area contributed by atoms with E-state index in [1.165, 1.54) is 7.11 Å². The van der Waals surface area contributed by atoms with E-state index < -0.39 is 23.0 Å². The van der Waals surface area contributed by atoms with Crippen LogP contribution in [0.15, 0.2) is 48.7 Å². The highest BCUT2D eigenvalue weighted by Gasteiger charge is 2.41. The Bertz CT molecular complexity index is 1110. The molecule has 2 aromatic carbocycles. The van der Waals surface area contributed by atoms with Gasteiger partial charge in [0.15, 0.2) is 0 Å². The molecule has 0 aliphatic heterocycles. The van der Waals surface area contributed by atoms with Crippen molar-refractivity contribution >= 4 is 27.1 Å². The Labute approximate surface area is 175 Å². The van der Waals surface area contributed by atoms with E-state index in [2.05, 4.69) is 26.7 Å². The normalized spacial score (nSPS) is 14.6. The van der Waals surface area contributed by atoms with Gasteiger partial charge in [-0.1, -0.05) is 18.2 Å². The largest absolute Gasteiger partial charge is 0.497 e. The van der Waals surface area contributed by atoms with E-state index in [-0.39, 0.29) is 0 Å². The number of aromatic nitrogens is 2. The van der Waals surface area contributed by atoms with Crippen molar-refractivity contribution in [1.29, 1.82) is 5.26 Å². The molecule has 3 radical (unpaired) electrons. The van der Waals surface area contributed by atoms with E-state index in [1.807, 2.05) is 0 Å². The second-order valence-corrected chi connectivity index (χ2v) is 8.22. The van der Waals surface area contributed by atoms with Gasteiger partial charge in [-0.2, -0.15) is 19.1 Å². The fraction of sp³-hybridized carbons (Fsp3) is 0.286. The maximum atomic E-state index is 13.6. The van der Waals surface area contributed by atoms with Crippen LogP contribution in [0, 0.1) is 11.3 Å². The van der Waals surface area contributed by atoms with E-state index in [1.54, 1.807) is 60.3 Å². The number of ether oxygens (including phenoxy) is 1. The van der Waals surface area contributed by atoms with Crippen LogP contribution in [0.3, 0.4) is 0 Å². The lowest BCUT2D eigenvalue weighted by Gasteiger charge is -2.36. The van der Waals surface area contributed by atoms with Crippen molar-refractivity contribution in [3.63, 3.8) is 0 Å². The zero-order valence-electron chi connectivity index (χ0n) is 16.6. The number of nitriles is 1. The van der Waals surface area contributed by atoms with Crippen molar-refractivity contribution < 1.29 is 18.3 Å². The number of carbonyl (C=O) groups is 1. The smallest absolute Gasteiger partial charge is 0.321 e. The van der Waals surface area contributed by atoms with Gasteiger partial charge in [0, 0.05) is 23.7 Å². The maximum Gasteiger partial charge on any atom is 0.321 e. The lowest BCUT2D eigenvalue weighted by atomic mass is 9.99. The first-order valence-corrected chi connectivity index (χ1v) is 9.54. The topological polar surface area (TPSA) is 79.9 Å². The van der Waals surface area contributed by atoms with Crippen LogP contribution in [0.1, 0.15) is 31.0 Å². The number of amides is 1. The van der Waals surface area contributed by atoms with Crippen LogP contribution >= 0.6 is 0 Å². The molecule has 3 aromatic rings. The van der Waals surface area contributed by atoms with Gasteiger partial charge in [0.1, 0.15) is 5.75 Å². The predicted molar refractivity (Wildman–Crippen MR) is 109 cm³/mol. The molecule has 2 atom stereocenters. The molecule has 9 heteroatoms. The minimum absolute atomic E-state index is 0.437. The van der Waals surface area contributed by atoms with Gasteiger partial charge in [-0.3, -0.25) is 9.48 Å². The minimum Gasteiger partial charge on any atom is -0.497 e. The number of hydrogen-bond donors (Lipinski definition) is 1. The van der Waals surface area contributed by atoms with Gasteiger partial charge in [-0.15, -0.1) is 0 Å². The van der Waals surface area contributed by atoms with Gasteiger partial charge in [-0.25, -0.2) is 0 Å². The summed E-state index contributed by atoms with van der Waals surface area (Å²) in [6.07, 6.45) is 1.66. The Morgan fingerprint density at radius 2 is 1.93 bits per heavy atom. The molecule has 0 saturated heterocycles. The quantitative estimate of drug-likeness (QED) is 0.616. The first-order valence-electron chi connectivity index (χ1n) is 9.04. The lowest BCUT2D eigenvalue weighted by molar-refractivity contribution is -0.144. The second-order valence-electron chi connectivity index (χ2n) is 7.18. The first-order chi connectivity index (χ1) is 14.1. The van der Waals surface area contributed by atoms with Crippen LogP contribution < -0.4 is 10.1 Å². The molecule has 1 heterocycles. The maximum absolute atomic E-state index is 13.6. The standard InChI is InChI=1S/C21H19F2N4O2Si/c1-20(22,23)19(28)25-21(2,30)18(13-7-9-15(29-3)10-8-13)27-12-16-14(11-24)5-4-6-17(16)26-27/h4-10,12,18H,1-3H3,(H,25,28)/t18-,21+/m1/s1.